The molecule has 0 radical (unpaired) electrons. The number of ether oxygens (including phenoxy) is 2. The first kappa shape index (κ1) is 22.1. The standard InChI is InChI=1S/C23H30N4O5/c1-15(28)27(10-8-21-24-22(32-25-21)16-6-7-16)18-5-4-9-26(14-18)23(29)17-11-19(30-2)13-20(12-17)31-3/h11-13,16,18H,4-10,14H2,1-3H3. The van der Waals surface area contributed by atoms with Gasteiger partial charge in [-0.3, -0.25) is 9.59 Å². The van der Waals surface area contributed by atoms with Gasteiger partial charge in [-0.15, -0.1) is 0 Å². The van der Waals surface area contributed by atoms with Crippen LogP contribution < -0.4 is 9.47 Å². The normalized spacial score (nSPS) is 18.3. The third-order valence-electron chi connectivity index (χ3n) is 6.11. The molecule has 2 fully saturated rings. The predicted octanol–water partition coefficient (Wildman–Crippen LogP) is 2.66. The summed E-state index contributed by atoms with van der Waals surface area (Å²) >= 11 is 0. The smallest absolute Gasteiger partial charge is 0.254 e. The van der Waals surface area contributed by atoms with Crippen LogP contribution in [0.1, 0.15) is 60.6 Å². The number of rotatable bonds is 8. The first-order chi connectivity index (χ1) is 15.5. The number of likely N-dealkylation sites (tertiary alicyclic amines) is 1. The minimum absolute atomic E-state index is 0.0155. The second-order valence-electron chi connectivity index (χ2n) is 8.43. The number of nitrogens with zero attached hydrogens (tertiary/aromatic N) is 4. The van der Waals surface area contributed by atoms with Crippen LogP contribution in [0.3, 0.4) is 0 Å². The third kappa shape index (κ3) is 5.03. The zero-order chi connectivity index (χ0) is 22.7. The molecule has 172 valence electrons. The van der Waals surface area contributed by atoms with E-state index in [0.29, 0.717) is 60.8 Å². The number of benzene rings is 1. The van der Waals surface area contributed by atoms with Gasteiger partial charge in [-0.25, -0.2) is 0 Å². The Labute approximate surface area is 187 Å². The number of piperidine rings is 1. The Morgan fingerprint density at radius 3 is 2.50 bits per heavy atom. The SMILES string of the molecule is COc1cc(OC)cc(C(=O)N2CCCC(N(CCc3noc(C4CC4)n3)C(C)=O)C2)c1. The quantitative estimate of drug-likeness (QED) is 0.620. The minimum atomic E-state index is -0.0948. The van der Waals surface area contributed by atoms with Gasteiger partial charge in [-0.2, -0.15) is 4.98 Å². The Balaban J connectivity index is 1.42. The Hall–Kier alpha value is -3.10. The van der Waals surface area contributed by atoms with Crippen LogP contribution in [0.15, 0.2) is 22.7 Å². The lowest BCUT2D eigenvalue weighted by Gasteiger charge is -2.39. The molecule has 1 atom stereocenters. The zero-order valence-corrected chi connectivity index (χ0v) is 18.9. The molecule has 1 unspecified atom stereocenters. The van der Waals surface area contributed by atoms with E-state index < -0.39 is 0 Å². The zero-order valence-electron chi connectivity index (χ0n) is 18.9. The van der Waals surface area contributed by atoms with Crippen molar-refractivity contribution >= 4 is 11.8 Å². The summed E-state index contributed by atoms with van der Waals surface area (Å²) in [6, 6.07) is 5.11. The molecule has 4 rings (SSSR count). The summed E-state index contributed by atoms with van der Waals surface area (Å²) in [7, 11) is 3.12. The van der Waals surface area contributed by atoms with E-state index in [-0.39, 0.29) is 17.9 Å². The molecule has 1 aliphatic carbocycles. The molecule has 2 aromatic rings. The second kappa shape index (κ2) is 9.58. The number of methoxy groups -OCH3 is 2. The van der Waals surface area contributed by atoms with Crippen molar-refractivity contribution in [1.82, 2.24) is 19.9 Å². The van der Waals surface area contributed by atoms with Gasteiger partial charge in [-0.05, 0) is 37.8 Å². The van der Waals surface area contributed by atoms with E-state index in [1.165, 1.54) is 0 Å². The average molecular weight is 443 g/mol. The summed E-state index contributed by atoms with van der Waals surface area (Å²) < 4.78 is 15.9. The van der Waals surface area contributed by atoms with Gasteiger partial charge in [0.25, 0.3) is 5.91 Å². The largest absolute Gasteiger partial charge is 0.497 e. The highest BCUT2D eigenvalue weighted by molar-refractivity contribution is 5.95. The van der Waals surface area contributed by atoms with Crippen LogP contribution in [-0.2, 0) is 11.2 Å². The van der Waals surface area contributed by atoms with Crippen LogP contribution >= 0.6 is 0 Å². The highest BCUT2D eigenvalue weighted by atomic mass is 16.5. The van der Waals surface area contributed by atoms with E-state index in [9.17, 15) is 9.59 Å². The number of carbonyl (C=O) groups excluding carboxylic acids is 2. The molecular formula is C23H30N4O5. The van der Waals surface area contributed by atoms with E-state index in [0.717, 1.165) is 25.7 Å². The van der Waals surface area contributed by atoms with Crippen molar-refractivity contribution in [3.05, 3.63) is 35.5 Å². The van der Waals surface area contributed by atoms with Crippen LogP contribution in [0.2, 0.25) is 0 Å². The van der Waals surface area contributed by atoms with Gasteiger partial charge < -0.3 is 23.8 Å². The van der Waals surface area contributed by atoms with Gasteiger partial charge >= 0.3 is 0 Å². The van der Waals surface area contributed by atoms with Crippen LogP contribution in [0, 0.1) is 0 Å². The fourth-order valence-electron chi connectivity index (χ4n) is 4.19. The average Bonchev–Trinajstić information content (AvgIpc) is 3.56. The van der Waals surface area contributed by atoms with Gasteiger partial charge in [0.2, 0.25) is 11.8 Å². The minimum Gasteiger partial charge on any atom is -0.497 e. The fourth-order valence-corrected chi connectivity index (χ4v) is 4.19. The molecule has 9 heteroatoms. The van der Waals surface area contributed by atoms with E-state index in [1.807, 2.05) is 4.90 Å². The van der Waals surface area contributed by atoms with Gasteiger partial charge in [-0.1, -0.05) is 5.16 Å². The van der Waals surface area contributed by atoms with E-state index in [2.05, 4.69) is 10.1 Å². The van der Waals surface area contributed by atoms with Crippen molar-refractivity contribution in [2.45, 2.75) is 51.0 Å². The maximum absolute atomic E-state index is 13.2. The Morgan fingerprint density at radius 1 is 1.16 bits per heavy atom. The van der Waals surface area contributed by atoms with Gasteiger partial charge in [0, 0.05) is 56.6 Å². The number of carbonyl (C=O) groups is 2. The first-order valence-corrected chi connectivity index (χ1v) is 11.1. The highest BCUT2D eigenvalue weighted by Crippen LogP contribution is 2.38. The molecule has 0 bridgehead atoms. The molecule has 1 aromatic heterocycles. The van der Waals surface area contributed by atoms with Gasteiger partial charge in [0.1, 0.15) is 11.5 Å². The third-order valence-corrected chi connectivity index (χ3v) is 6.11. The van der Waals surface area contributed by atoms with Crippen LogP contribution in [0.25, 0.3) is 0 Å². The van der Waals surface area contributed by atoms with Gasteiger partial charge in [0.15, 0.2) is 5.82 Å². The molecule has 2 amide bonds. The van der Waals surface area contributed by atoms with Crippen LogP contribution in [-0.4, -0.2) is 71.7 Å². The molecule has 1 aromatic carbocycles. The summed E-state index contributed by atoms with van der Waals surface area (Å²) in [5.74, 6) is 2.77. The Morgan fingerprint density at radius 2 is 1.88 bits per heavy atom. The number of amides is 2. The van der Waals surface area contributed by atoms with E-state index in [4.69, 9.17) is 14.0 Å². The van der Waals surface area contributed by atoms with Crippen molar-refractivity contribution < 1.29 is 23.6 Å². The van der Waals surface area contributed by atoms with Crippen LogP contribution in [0.5, 0.6) is 11.5 Å². The lowest BCUT2D eigenvalue weighted by atomic mass is 10.0. The molecule has 1 aliphatic heterocycles. The van der Waals surface area contributed by atoms with Crippen molar-refractivity contribution in [3.8, 4) is 11.5 Å². The number of hydrogen-bond acceptors (Lipinski definition) is 7. The van der Waals surface area contributed by atoms with Crippen molar-refractivity contribution in [3.63, 3.8) is 0 Å². The number of hydrogen-bond donors (Lipinski definition) is 0. The monoisotopic (exact) mass is 442 g/mol. The summed E-state index contributed by atoms with van der Waals surface area (Å²) in [6.45, 7) is 3.20. The maximum atomic E-state index is 13.2. The first-order valence-electron chi connectivity index (χ1n) is 11.1. The summed E-state index contributed by atoms with van der Waals surface area (Å²) in [5, 5.41) is 4.06. The predicted molar refractivity (Wildman–Crippen MR) is 116 cm³/mol. The molecular weight excluding hydrogens is 412 g/mol. The number of aromatic nitrogens is 2. The topological polar surface area (TPSA) is 98.0 Å². The molecule has 0 spiro atoms. The summed E-state index contributed by atoms with van der Waals surface area (Å²) in [6.07, 6.45) is 4.42. The van der Waals surface area contributed by atoms with Gasteiger partial charge in [0.05, 0.1) is 14.2 Å². The van der Waals surface area contributed by atoms with Crippen molar-refractivity contribution in [2.24, 2.45) is 0 Å². The lowest BCUT2D eigenvalue weighted by Crippen LogP contribution is -2.51. The lowest BCUT2D eigenvalue weighted by molar-refractivity contribution is -0.132. The second-order valence-corrected chi connectivity index (χ2v) is 8.43. The molecule has 2 aliphatic rings. The molecule has 0 N–H and O–H groups in total. The molecule has 2 heterocycles. The fraction of sp³-hybridized carbons (Fsp3) is 0.565. The molecule has 32 heavy (non-hydrogen) atoms. The summed E-state index contributed by atoms with van der Waals surface area (Å²) in [5.41, 5.74) is 0.510. The Bertz CT molecular complexity index is 949. The van der Waals surface area contributed by atoms with Crippen LogP contribution in [0.4, 0.5) is 0 Å². The highest BCUT2D eigenvalue weighted by Gasteiger charge is 2.32. The maximum Gasteiger partial charge on any atom is 0.254 e. The van der Waals surface area contributed by atoms with E-state index in [1.54, 1.807) is 44.2 Å². The van der Waals surface area contributed by atoms with E-state index >= 15 is 0 Å². The Kier molecular flexibility index (Phi) is 6.62. The molecule has 1 saturated carbocycles. The van der Waals surface area contributed by atoms with Crippen molar-refractivity contribution in [1.29, 1.82) is 0 Å². The summed E-state index contributed by atoms with van der Waals surface area (Å²) in [4.78, 5) is 33.7. The van der Waals surface area contributed by atoms with Crippen molar-refractivity contribution in [2.75, 3.05) is 33.9 Å². The molecule has 1 saturated heterocycles. The molecule has 9 nitrogen and oxygen atoms in total.